The van der Waals surface area contributed by atoms with E-state index in [4.69, 9.17) is 14.2 Å². The molecule has 0 saturated carbocycles. The van der Waals surface area contributed by atoms with Crippen LogP contribution in [0.4, 0.5) is 0 Å². The third-order valence-corrected chi connectivity index (χ3v) is 3.85. The number of carbonyl (C=O) groups excluding carboxylic acids is 2. The van der Waals surface area contributed by atoms with E-state index < -0.39 is 11.9 Å². The molecule has 27 heavy (non-hydrogen) atoms. The van der Waals surface area contributed by atoms with Gasteiger partial charge in [0.1, 0.15) is 22.7 Å². The second-order valence-corrected chi connectivity index (χ2v) is 5.47. The Balaban J connectivity index is 2.23. The number of benzene rings is 1. The van der Waals surface area contributed by atoms with Gasteiger partial charge in [0, 0.05) is 11.8 Å². The lowest BCUT2D eigenvalue weighted by atomic mass is 10.0. The Hall–Kier alpha value is -3.42. The normalized spacial score (nSPS) is 10.6. The molecule has 0 spiro atoms. The fraction of sp³-hybridized carbons (Fsp3) is 0.263. The van der Waals surface area contributed by atoms with Gasteiger partial charge in [-0.25, -0.2) is 19.6 Å². The number of rotatable bonds is 6. The first kappa shape index (κ1) is 18.4. The van der Waals surface area contributed by atoms with Crippen LogP contribution in [-0.4, -0.2) is 47.2 Å². The molecule has 140 valence electrons. The average molecular weight is 369 g/mol. The largest absolute Gasteiger partial charge is 0.495 e. The van der Waals surface area contributed by atoms with E-state index in [1.807, 2.05) is 6.07 Å². The second-order valence-electron chi connectivity index (χ2n) is 5.47. The number of hydrogen-bond acceptors (Lipinski definition) is 7. The predicted molar refractivity (Wildman–Crippen MR) is 97.8 cm³/mol. The van der Waals surface area contributed by atoms with Crippen molar-refractivity contribution >= 4 is 23.1 Å². The summed E-state index contributed by atoms with van der Waals surface area (Å²) in [4.78, 5) is 36.6. The summed E-state index contributed by atoms with van der Waals surface area (Å²) in [5, 5.41) is 0. The van der Waals surface area contributed by atoms with Gasteiger partial charge in [-0.1, -0.05) is 0 Å². The zero-order valence-electron chi connectivity index (χ0n) is 15.2. The predicted octanol–water partition coefficient (Wildman–Crippen LogP) is 2.99. The van der Waals surface area contributed by atoms with E-state index in [1.54, 1.807) is 32.2 Å². The van der Waals surface area contributed by atoms with E-state index >= 15 is 0 Å². The lowest BCUT2D eigenvalue weighted by Gasteiger charge is -2.15. The lowest BCUT2D eigenvalue weighted by molar-refractivity contribution is 0.0518. The molecule has 0 aliphatic carbocycles. The molecule has 0 radical (unpaired) electrons. The number of H-pyrrole nitrogens is 1. The van der Waals surface area contributed by atoms with Crippen molar-refractivity contribution in [2.24, 2.45) is 0 Å². The van der Waals surface area contributed by atoms with Crippen molar-refractivity contribution in [2.75, 3.05) is 20.3 Å². The first-order chi connectivity index (χ1) is 13.1. The molecule has 8 nitrogen and oxygen atoms in total. The number of aromatic amines is 1. The SMILES string of the molecule is CCOC(=O)c1ccc(-c2nc3ncccc3[nH]2)c(C(=O)OCC)c1OC. The molecule has 8 heteroatoms. The zero-order chi connectivity index (χ0) is 19.4. The summed E-state index contributed by atoms with van der Waals surface area (Å²) in [5.41, 5.74) is 1.91. The topological polar surface area (TPSA) is 103 Å². The summed E-state index contributed by atoms with van der Waals surface area (Å²) in [5.74, 6) is -0.708. The van der Waals surface area contributed by atoms with Crippen LogP contribution in [-0.2, 0) is 9.47 Å². The summed E-state index contributed by atoms with van der Waals surface area (Å²) < 4.78 is 15.6. The van der Waals surface area contributed by atoms with Gasteiger partial charge in [-0.3, -0.25) is 0 Å². The molecule has 1 N–H and O–H groups in total. The van der Waals surface area contributed by atoms with Crippen LogP contribution < -0.4 is 4.74 Å². The number of pyridine rings is 1. The van der Waals surface area contributed by atoms with Crippen molar-refractivity contribution in [3.8, 4) is 17.1 Å². The molecule has 0 fully saturated rings. The Morgan fingerprint density at radius 2 is 1.81 bits per heavy atom. The second kappa shape index (κ2) is 7.86. The number of aromatic nitrogens is 3. The summed E-state index contributed by atoms with van der Waals surface area (Å²) in [7, 11) is 1.38. The van der Waals surface area contributed by atoms with Gasteiger partial charge in [-0.15, -0.1) is 0 Å². The fourth-order valence-corrected chi connectivity index (χ4v) is 2.74. The fourth-order valence-electron chi connectivity index (χ4n) is 2.74. The van der Waals surface area contributed by atoms with Crippen LogP contribution in [0.15, 0.2) is 30.5 Å². The van der Waals surface area contributed by atoms with Gasteiger partial charge in [0.15, 0.2) is 5.65 Å². The highest BCUT2D eigenvalue weighted by atomic mass is 16.5. The summed E-state index contributed by atoms with van der Waals surface area (Å²) in [6.45, 7) is 3.78. The van der Waals surface area contributed by atoms with Gasteiger partial charge in [-0.05, 0) is 38.1 Å². The molecule has 0 atom stereocenters. The van der Waals surface area contributed by atoms with Crippen molar-refractivity contribution in [1.29, 1.82) is 0 Å². The van der Waals surface area contributed by atoms with Crippen LogP contribution in [0.1, 0.15) is 34.6 Å². The number of imidazole rings is 1. The molecule has 0 unspecified atom stereocenters. The summed E-state index contributed by atoms with van der Waals surface area (Å²) >= 11 is 0. The summed E-state index contributed by atoms with van der Waals surface area (Å²) in [6.07, 6.45) is 1.63. The zero-order valence-corrected chi connectivity index (χ0v) is 15.2. The van der Waals surface area contributed by atoms with Gasteiger partial charge in [0.05, 0.1) is 25.8 Å². The number of ether oxygens (including phenoxy) is 3. The standard InChI is InChI=1S/C19H19N3O5/c1-4-26-18(23)12-9-8-11(14(15(12)25-3)19(24)27-5-2)16-21-13-7-6-10-20-17(13)22-16/h6-10H,4-5H2,1-3H3,(H,20,21,22). The monoisotopic (exact) mass is 369 g/mol. The van der Waals surface area contributed by atoms with Gasteiger partial charge < -0.3 is 19.2 Å². The number of carbonyl (C=O) groups is 2. The van der Waals surface area contributed by atoms with E-state index in [0.717, 1.165) is 5.52 Å². The molecule has 3 aromatic rings. The van der Waals surface area contributed by atoms with Gasteiger partial charge in [-0.2, -0.15) is 0 Å². The van der Waals surface area contributed by atoms with E-state index in [9.17, 15) is 9.59 Å². The Morgan fingerprint density at radius 1 is 1.07 bits per heavy atom. The highest BCUT2D eigenvalue weighted by Crippen LogP contribution is 2.34. The third-order valence-electron chi connectivity index (χ3n) is 3.85. The van der Waals surface area contributed by atoms with Gasteiger partial charge in [0.2, 0.25) is 0 Å². The molecule has 2 heterocycles. The Kier molecular flexibility index (Phi) is 5.35. The maximum absolute atomic E-state index is 12.7. The molecular weight excluding hydrogens is 350 g/mol. The quantitative estimate of drug-likeness (QED) is 0.666. The van der Waals surface area contributed by atoms with Crippen molar-refractivity contribution in [3.05, 3.63) is 41.6 Å². The molecule has 0 aliphatic heterocycles. The van der Waals surface area contributed by atoms with Crippen LogP contribution in [0.2, 0.25) is 0 Å². The van der Waals surface area contributed by atoms with Gasteiger partial charge in [0.25, 0.3) is 0 Å². The molecule has 3 rings (SSSR count). The highest BCUT2D eigenvalue weighted by Gasteiger charge is 2.27. The van der Waals surface area contributed by atoms with Crippen molar-refractivity contribution in [1.82, 2.24) is 15.0 Å². The van der Waals surface area contributed by atoms with E-state index in [-0.39, 0.29) is 30.1 Å². The molecule has 0 bridgehead atoms. The first-order valence-electron chi connectivity index (χ1n) is 8.47. The minimum atomic E-state index is -0.621. The van der Waals surface area contributed by atoms with Crippen LogP contribution in [0.25, 0.3) is 22.6 Å². The molecule has 0 amide bonds. The number of nitrogens with zero attached hydrogens (tertiary/aromatic N) is 2. The maximum atomic E-state index is 12.7. The maximum Gasteiger partial charge on any atom is 0.342 e. The van der Waals surface area contributed by atoms with Crippen molar-refractivity contribution in [3.63, 3.8) is 0 Å². The Bertz CT molecular complexity index is 963. The van der Waals surface area contributed by atoms with Crippen molar-refractivity contribution in [2.45, 2.75) is 13.8 Å². The minimum Gasteiger partial charge on any atom is -0.495 e. The minimum absolute atomic E-state index is 0.0813. The van der Waals surface area contributed by atoms with E-state index in [0.29, 0.717) is 17.0 Å². The van der Waals surface area contributed by atoms with E-state index in [2.05, 4.69) is 15.0 Å². The first-order valence-corrected chi connectivity index (χ1v) is 8.47. The van der Waals surface area contributed by atoms with E-state index in [1.165, 1.54) is 13.2 Å². The lowest BCUT2D eigenvalue weighted by Crippen LogP contribution is -2.14. The number of methoxy groups -OCH3 is 1. The molecular formula is C19H19N3O5. The van der Waals surface area contributed by atoms with Crippen LogP contribution in [0.3, 0.4) is 0 Å². The molecule has 0 saturated heterocycles. The van der Waals surface area contributed by atoms with Crippen LogP contribution in [0.5, 0.6) is 5.75 Å². The smallest absolute Gasteiger partial charge is 0.342 e. The third kappa shape index (κ3) is 3.46. The molecule has 0 aliphatic rings. The Labute approximate surface area is 155 Å². The van der Waals surface area contributed by atoms with Crippen LogP contribution in [0, 0.1) is 0 Å². The molecule has 2 aromatic heterocycles. The number of nitrogens with one attached hydrogen (secondary N) is 1. The number of fused-ring (bicyclic) bond motifs is 1. The molecule has 1 aromatic carbocycles. The highest BCUT2D eigenvalue weighted by molar-refractivity contribution is 6.05. The van der Waals surface area contributed by atoms with Crippen molar-refractivity contribution < 1.29 is 23.8 Å². The number of esters is 2. The summed E-state index contributed by atoms with van der Waals surface area (Å²) in [6, 6.07) is 6.75. The van der Waals surface area contributed by atoms with Crippen LogP contribution >= 0.6 is 0 Å². The average Bonchev–Trinajstić information content (AvgIpc) is 3.11. The Morgan fingerprint density at radius 3 is 2.48 bits per heavy atom. The van der Waals surface area contributed by atoms with Gasteiger partial charge >= 0.3 is 11.9 Å². The number of hydrogen-bond donors (Lipinski definition) is 1.